The zero-order valence-electron chi connectivity index (χ0n) is 17.7. The highest BCUT2D eigenvalue weighted by Crippen LogP contribution is 2.12. The van der Waals surface area contributed by atoms with Crippen LogP contribution in [0.5, 0.6) is 5.75 Å². The molecule has 0 heterocycles. The lowest BCUT2D eigenvalue weighted by Crippen LogP contribution is -2.54. The Hall–Kier alpha value is -3.17. The second-order valence-corrected chi connectivity index (χ2v) is 8.84. The second kappa shape index (κ2) is 11.3. The van der Waals surface area contributed by atoms with E-state index in [1.165, 1.54) is 6.08 Å². The smallest absolute Gasteiger partial charge is 0.276 e. The number of carbonyl (C=O) groups excluding carboxylic acids is 2. The number of ether oxygens (including phenoxy) is 1. The molecule has 0 aliphatic heterocycles. The quantitative estimate of drug-likeness (QED) is 0.512. The molecule has 0 bridgehead atoms. The largest absolute Gasteiger partial charge is 0.484 e. The summed E-state index contributed by atoms with van der Waals surface area (Å²) in [5.41, 5.74) is 6.16. The van der Waals surface area contributed by atoms with E-state index in [1.807, 2.05) is 19.1 Å². The van der Waals surface area contributed by atoms with E-state index >= 15 is 0 Å². The Balaban J connectivity index is 1.89. The Kier molecular flexibility index (Phi) is 8.77. The highest BCUT2D eigenvalue weighted by molar-refractivity contribution is 7.92. The number of amides is 2. The molecule has 8 nitrogen and oxygen atoms in total. The Morgan fingerprint density at radius 3 is 2.39 bits per heavy atom. The van der Waals surface area contributed by atoms with E-state index in [1.54, 1.807) is 56.3 Å². The van der Waals surface area contributed by atoms with Gasteiger partial charge in [0.25, 0.3) is 11.8 Å². The monoisotopic (exact) mass is 445 g/mol. The van der Waals surface area contributed by atoms with Gasteiger partial charge in [-0.3, -0.25) is 20.4 Å². The van der Waals surface area contributed by atoms with Crippen LogP contribution in [0, 0.1) is 12.8 Å². The minimum Gasteiger partial charge on any atom is -0.484 e. The van der Waals surface area contributed by atoms with Crippen LogP contribution in [0.25, 0.3) is 6.08 Å². The second-order valence-electron chi connectivity index (χ2n) is 7.24. The number of hydrogen-bond donors (Lipinski definition) is 3. The molecule has 2 aromatic rings. The van der Waals surface area contributed by atoms with E-state index in [4.69, 9.17) is 4.74 Å². The van der Waals surface area contributed by atoms with Gasteiger partial charge in [-0.1, -0.05) is 56.3 Å². The first-order valence-electron chi connectivity index (χ1n) is 9.70. The van der Waals surface area contributed by atoms with Crippen LogP contribution in [-0.4, -0.2) is 32.9 Å². The third kappa shape index (κ3) is 8.61. The Morgan fingerprint density at radius 2 is 1.74 bits per heavy atom. The summed E-state index contributed by atoms with van der Waals surface area (Å²) in [6, 6.07) is 15.0. The fourth-order valence-corrected chi connectivity index (χ4v) is 3.69. The fourth-order valence-electron chi connectivity index (χ4n) is 2.54. The normalized spacial score (nSPS) is 12.5. The van der Waals surface area contributed by atoms with Crippen LogP contribution in [0.3, 0.4) is 0 Å². The summed E-state index contributed by atoms with van der Waals surface area (Å²) in [4.78, 5) is 24.4. The number of aryl methyl sites for hydroxylation is 1. The van der Waals surface area contributed by atoms with Gasteiger partial charge in [0.15, 0.2) is 6.61 Å². The SMILES string of the molecule is Cc1cccc(OCC(=O)NNC(=O)[C@@H](NS(=O)(=O)/C=C/c2ccccc2)C(C)C)c1. The number of hydrogen-bond acceptors (Lipinski definition) is 5. The maximum Gasteiger partial charge on any atom is 0.276 e. The van der Waals surface area contributed by atoms with Crippen molar-refractivity contribution in [3.8, 4) is 5.75 Å². The molecule has 2 aromatic carbocycles. The van der Waals surface area contributed by atoms with Gasteiger partial charge in [-0.25, -0.2) is 8.42 Å². The van der Waals surface area contributed by atoms with Crippen molar-refractivity contribution < 1.29 is 22.7 Å². The summed E-state index contributed by atoms with van der Waals surface area (Å²) in [6.45, 7) is 4.98. The standard InChI is InChI=1S/C22H27N3O5S/c1-16(2)21(25-31(28,29)13-12-18-9-5-4-6-10-18)22(27)24-23-20(26)15-30-19-11-7-8-17(3)14-19/h4-14,16,21,25H,15H2,1-3H3,(H,23,26)(H,24,27)/b13-12+/t21-/m0/s1. The lowest BCUT2D eigenvalue weighted by Gasteiger charge is -2.20. The molecule has 166 valence electrons. The van der Waals surface area contributed by atoms with Crippen molar-refractivity contribution in [1.29, 1.82) is 0 Å². The lowest BCUT2D eigenvalue weighted by molar-refractivity contribution is -0.131. The van der Waals surface area contributed by atoms with E-state index in [-0.39, 0.29) is 12.5 Å². The van der Waals surface area contributed by atoms with Gasteiger partial charge in [0, 0.05) is 5.41 Å². The minimum atomic E-state index is -3.89. The summed E-state index contributed by atoms with van der Waals surface area (Å²) in [6.07, 6.45) is 1.43. The highest BCUT2D eigenvalue weighted by atomic mass is 32.2. The molecular formula is C22H27N3O5S. The topological polar surface area (TPSA) is 114 Å². The van der Waals surface area contributed by atoms with Crippen LogP contribution in [-0.2, 0) is 19.6 Å². The average Bonchev–Trinajstić information content (AvgIpc) is 2.73. The fraction of sp³-hybridized carbons (Fsp3) is 0.273. The summed E-state index contributed by atoms with van der Waals surface area (Å²) in [5, 5.41) is 0.999. The van der Waals surface area contributed by atoms with Gasteiger partial charge in [0.05, 0.1) is 0 Å². The number of sulfonamides is 1. The lowest BCUT2D eigenvalue weighted by atomic mass is 10.1. The molecule has 0 unspecified atom stereocenters. The molecule has 0 saturated carbocycles. The molecule has 0 aliphatic carbocycles. The first-order valence-corrected chi connectivity index (χ1v) is 11.2. The van der Waals surface area contributed by atoms with Crippen LogP contribution < -0.4 is 20.3 Å². The summed E-state index contributed by atoms with van der Waals surface area (Å²) in [5.74, 6) is -1.10. The predicted octanol–water partition coefficient (Wildman–Crippen LogP) is 2.14. The molecule has 0 spiro atoms. The third-order valence-electron chi connectivity index (χ3n) is 4.16. The van der Waals surface area contributed by atoms with Gasteiger partial charge in [-0.2, -0.15) is 4.72 Å². The molecule has 0 radical (unpaired) electrons. The minimum absolute atomic E-state index is 0.304. The maximum absolute atomic E-state index is 12.4. The number of nitrogens with one attached hydrogen (secondary N) is 3. The molecule has 0 aliphatic rings. The number of benzene rings is 2. The van der Waals surface area contributed by atoms with Crippen molar-refractivity contribution >= 4 is 27.9 Å². The summed E-state index contributed by atoms with van der Waals surface area (Å²) >= 11 is 0. The van der Waals surface area contributed by atoms with Crippen molar-refractivity contribution in [2.75, 3.05) is 6.61 Å². The van der Waals surface area contributed by atoms with Crippen LogP contribution in [0.4, 0.5) is 0 Å². The van der Waals surface area contributed by atoms with Crippen molar-refractivity contribution in [3.63, 3.8) is 0 Å². The van der Waals surface area contributed by atoms with Crippen LogP contribution in [0.2, 0.25) is 0 Å². The average molecular weight is 446 g/mol. The van der Waals surface area contributed by atoms with Gasteiger partial charge >= 0.3 is 0 Å². The molecule has 9 heteroatoms. The van der Waals surface area contributed by atoms with E-state index in [9.17, 15) is 18.0 Å². The van der Waals surface area contributed by atoms with Gasteiger partial charge in [-0.05, 0) is 42.2 Å². The third-order valence-corrected chi connectivity index (χ3v) is 5.24. The van der Waals surface area contributed by atoms with Crippen molar-refractivity contribution in [1.82, 2.24) is 15.6 Å². The van der Waals surface area contributed by atoms with Crippen LogP contribution in [0.15, 0.2) is 60.0 Å². The Labute approximate surface area is 182 Å². The van der Waals surface area contributed by atoms with Crippen molar-refractivity contribution in [3.05, 3.63) is 71.1 Å². The Bertz CT molecular complexity index is 1020. The highest BCUT2D eigenvalue weighted by Gasteiger charge is 2.26. The van der Waals surface area contributed by atoms with E-state index in [2.05, 4.69) is 15.6 Å². The van der Waals surface area contributed by atoms with E-state index in [0.29, 0.717) is 11.3 Å². The molecule has 3 N–H and O–H groups in total. The Morgan fingerprint density at radius 1 is 1.03 bits per heavy atom. The molecule has 0 saturated heterocycles. The van der Waals surface area contributed by atoms with E-state index in [0.717, 1.165) is 11.0 Å². The molecular weight excluding hydrogens is 418 g/mol. The van der Waals surface area contributed by atoms with E-state index < -0.39 is 27.9 Å². The number of hydrazine groups is 1. The predicted molar refractivity (Wildman–Crippen MR) is 119 cm³/mol. The first-order chi connectivity index (χ1) is 14.7. The maximum atomic E-state index is 12.4. The molecule has 0 fully saturated rings. The van der Waals surface area contributed by atoms with Crippen LogP contribution >= 0.6 is 0 Å². The number of rotatable bonds is 9. The number of carbonyl (C=O) groups is 2. The summed E-state index contributed by atoms with van der Waals surface area (Å²) < 4.78 is 32.4. The van der Waals surface area contributed by atoms with Gasteiger partial charge in [0.1, 0.15) is 11.8 Å². The van der Waals surface area contributed by atoms with Gasteiger partial charge in [-0.15, -0.1) is 0 Å². The van der Waals surface area contributed by atoms with Crippen LogP contribution in [0.1, 0.15) is 25.0 Å². The van der Waals surface area contributed by atoms with Crippen molar-refractivity contribution in [2.45, 2.75) is 26.8 Å². The zero-order chi connectivity index (χ0) is 22.9. The molecule has 0 aromatic heterocycles. The molecule has 1 atom stereocenters. The first kappa shape index (κ1) is 24.1. The van der Waals surface area contributed by atoms with Gasteiger partial charge < -0.3 is 4.74 Å². The van der Waals surface area contributed by atoms with Gasteiger partial charge in [0.2, 0.25) is 10.0 Å². The zero-order valence-corrected chi connectivity index (χ0v) is 18.5. The molecule has 2 rings (SSSR count). The molecule has 2 amide bonds. The molecule has 31 heavy (non-hydrogen) atoms. The van der Waals surface area contributed by atoms with Crippen molar-refractivity contribution in [2.24, 2.45) is 5.92 Å². The summed E-state index contributed by atoms with van der Waals surface area (Å²) in [7, 11) is -3.89.